The summed E-state index contributed by atoms with van der Waals surface area (Å²) in [5.74, 6) is -0.107. The maximum atomic E-state index is 11.6. The number of nitrogens with zero attached hydrogens (tertiary/aromatic N) is 1. The molecule has 88 valence electrons. The van der Waals surface area contributed by atoms with Gasteiger partial charge in [0, 0.05) is 16.4 Å². The zero-order valence-electron chi connectivity index (χ0n) is 9.07. The lowest BCUT2D eigenvalue weighted by Crippen LogP contribution is -2.26. The highest BCUT2D eigenvalue weighted by atomic mass is 79.9. The molecule has 1 aromatic heterocycles. The molecule has 0 spiro atoms. The molecule has 0 unspecified atom stereocenters. The van der Waals surface area contributed by atoms with Crippen LogP contribution in [0.4, 0.5) is 0 Å². The number of hydrogen-bond donors (Lipinski definition) is 1. The molecule has 5 heteroatoms. The molecule has 1 N–H and O–H groups in total. The van der Waals surface area contributed by atoms with Gasteiger partial charge in [0.25, 0.3) is 0 Å². The van der Waals surface area contributed by atoms with Gasteiger partial charge in [-0.25, -0.2) is 0 Å². The van der Waals surface area contributed by atoms with E-state index in [1.54, 1.807) is 0 Å². The molecule has 1 aromatic carbocycles. The molecule has 0 aliphatic heterocycles. The molecule has 0 aliphatic rings. The fourth-order valence-corrected chi connectivity index (χ4v) is 1.61. The minimum atomic E-state index is -0.107. The Morgan fingerprint density at radius 2 is 2.24 bits per heavy atom. The van der Waals surface area contributed by atoms with Crippen LogP contribution >= 0.6 is 15.9 Å². The van der Waals surface area contributed by atoms with Gasteiger partial charge in [-0.05, 0) is 12.1 Å². The first-order chi connectivity index (χ1) is 8.16. The minimum absolute atomic E-state index is 0.107. The van der Waals surface area contributed by atoms with Gasteiger partial charge in [-0.2, -0.15) is 0 Å². The zero-order chi connectivity index (χ0) is 12.3. The maximum absolute atomic E-state index is 11.6. The molecular formula is C12H11BrN2O2. The van der Waals surface area contributed by atoms with Gasteiger partial charge in [-0.1, -0.05) is 39.8 Å². The summed E-state index contributed by atoms with van der Waals surface area (Å²) in [5, 5.41) is 7.49. The van der Waals surface area contributed by atoms with E-state index in [0.717, 1.165) is 9.87 Å². The predicted octanol–water partition coefficient (Wildman–Crippen LogP) is 2.40. The van der Waals surface area contributed by atoms with Crippen molar-refractivity contribution in [1.82, 2.24) is 10.5 Å². The fraction of sp³-hybridized carbons (Fsp3) is 0.167. The van der Waals surface area contributed by atoms with E-state index >= 15 is 0 Å². The summed E-state index contributed by atoms with van der Waals surface area (Å²) >= 11 is 3.18. The molecule has 0 atom stereocenters. The highest BCUT2D eigenvalue weighted by Crippen LogP contribution is 2.17. The van der Waals surface area contributed by atoms with Crippen LogP contribution in [0.2, 0.25) is 0 Å². The third-order valence-corrected chi connectivity index (χ3v) is 2.54. The van der Waals surface area contributed by atoms with Gasteiger partial charge in [-0.15, -0.1) is 0 Å². The highest BCUT2D eigenvalue weighted by Gasteiger charge is 2.11. The molecule has 0 bridgehead atoms. The van der Waals surface area contributed by atoms with Crippen LogP contribution in [0, 0.1) is 0 Å². The van der Waals surface area contributed by atoms with Crippen LogP contribution in [-0.4, -0.2) is 17.6 Å². The Kier molecular flexibility index (Phi) is 3.58. The van der Waals surface area contributed by atoms with Crippen LogP contribution in [0.15, 0.2) is 39.8 Å². The summed E-state index contributed by atoms with van der Waals surface area (Å²) < 4.78 is 5.85. The van der Waals surface area contributed by atoms with Crippen LogP contribution < -0.4 is 5.32 Å². The normalized spacial score (nSPS) is 10.4. The van der Waals surface area contributed by atoms with Crippen molar-refractivity contribution in [3.05, 3.63) is 41.0 Å². The molecule has 0 radical (unpaired) electrons. The van der Waals surface area contributed by atoms with Crippen LogP contribution in [0.25, 0.3) is 11.0 Å². The van der Waals surface area contributed by atoms with Crippen LogP contribution in [0.1, 0.15) is 5.69 Å². The van der Waals surface area contributed by atoms with E-state index in [0.29, 0.717) is 17.8 Å². The third-order valence-electron chi connectivity index (χ3n) is 2.26. The third kappa shape index (κ3) is 2.94. The molecule has 2 aromatic rings. The zero-order valence-corrected chi connectivity index (χ0v) is 10.7. The minimum Gasteiger partial charge on any atom is -0.356 e. The number of amides is 1. The smallest absolute Gasteiger partial charge is 0.226 e. The summed E-state index contributed by atoms with van der Waals surface area (Å²) in [5.41, 5.74) is 1.35. The van der Waals surface area contributed by atoms with E-state index in [1.165, 1.54) is 0 Å². The van der Waals surface area contributed by atoms with E-state index in [-0.39, 0.29) is 12.3 Å². The lowest BCUT2D eigenvalue weighted by Gasteiger charge is -2.01. The summed E-state index contributed by atoms with van der Waals surface area (Å²) in [7, 11) is 0. The SMILES string of the molecule is C=C(Br)CNC(=O)Cc1noc2ccccc12. The Bertz CT molecular complexity index is 562. The number of carbonyl (C=O) groups is 1. The molecule has 4 nitrogen and oxygen atoms in total. The summed E-state index contributed by atoms with van der Waals surface area (Å²) in [6, 6.07) is 7.47. The van der Waals surface area contributed by atoms with Crippen LogP contribution in [0.3, 0.4) is 0 Å². The summed E-state index contributed by atoms with van der Waals surface area (Å²) in [6.07, 6.45) is 0.206. The van der Waals surface area contributed by atoms with Gasteiger partial charge in [0.15, 0.2) is 5.58 Å². The number of hydrogen-bond acceptors (Lipinski definition) is 3. The Morgan fingerprint density at radius 3 is 3.00 bits per heavy atom. The number of halogens is 1. The first kappa shape index (κ1) is 11.9. The second-order valence-corrected chi connectivity index (χ2v) is 4.72. The summed E-state index contributed by atoms with van der Waals surface area (Å²) in [4.78, 5) is 11.6. The lowest BCUT2D eigenvalue weighted by molar-refractivity contribution is -0.120. The number of nitrogens with one attached hydrogen (secondary N) is 1. The van der Waals surface area contributed by atoms with Gasteiger partial charge >= 0.3 is 0 Å². The maximum Gasteiger partial charge on any atom is 0.226 e. The largest absolute Gasteiger partial charge is 0.356 e. The van der Waals surface area contributed by atoms with Crippen molar-refractivity contribution in [2.24, 2.45) is 0 Å². The average Bonchev–Trinajstić information content (AvgIpc) is 2.70. The Balaban J connectivity index is 2.08. The van der Waals surface area contributed by atoms with Gasteiger partial charge in [0.1, 0.15) is 5.69 Å². The van der Waals surface area contributed by atoms with E-state index in [2.05, 4.69) is 33.0 Å². The number of fused-ring (bicyclic) bond motifs is 1. The Morgan fingerprint density at radius 1 is 1.47 bits per heavy atom. The molecule has 1 heterocycles. The molecule has 0 saturated carbocycles. The quantitative estimate of drug-likeness (QED) is 0.942. The number of benzene rings is 1. The second kappa shape index (κ2) is 5.14. The number of carbonyl (C=O) groups excluding carboxylic acids is 1. The average molecular weight is 295 g/mol. The predicted molar refractivity (Wildman–Crippen MR) is 68.8 cm³/mol. The van der Waals surface area contributed by atoms with Crippen molar-refractivity contribution in [2.45, 2.75) is 6.42 Å². The van der Waals surface area contributed by atoms with Crippen molar-refractivity contribution in [3.63, 3.8) is 0 Å². The van der Waals surface area contributed by atoms with Gasteiger partial charge < -0.3 is 9.84 Å². The lowest BCUT2D eigenvalue weighted by atomic mass is 10.1. The molecule has 0 aliphatic carbocycles. The van der Waals surface area contributed by atoms with Crippen LogP contribution in [-0.2, 0) is 11.2 Å². The van der Waals surface area contributed by atoms with E-state index in [9.17, 15) is 4.79 Å². The first-order valence-corrected chi connectivity index (χ1v) is 5.89. The van der Waals surface area contributed by atoms with Crippen molar-refractivity contribution in [1.29, 1.82) is 0 Å². The van der Waals surface area contributed by atoms with Crippen LogP contribution in [0.5, 0.6) is 0 Å². The molecular weight excluding hydrogens is 284 g/mol. The van der Waals surface area contributed by atoms with Gasteiger partial charge in [0.05, 0.1) is 6.42 Å². The fourth-order valence-electron chi connectivity index (χ4n) is 1.47. The highest BCUT2D eigenvalue weighted by molar-refractivity contribution is 9.11. The van der Waals surface area contributed by atoms with Gasteiger partial charge in [-0.3, -0.25) is 4.79 Å². The van der Waals surface area contributed by atoms with Crippen molar-refractivity contribution in [3.8, 4) is 0 Å². The molecule has 0 saturated heterocycles. The van der Waals surface area contributed by atoms with E-state index < -0.39 is 0 Å². The number of rotatable bonds is 4. The molecule has 17 heavy (non-hydrogen) atoms. The Hall–Kier alpha value is -1.62. The van der Waals surface area contributed by atoms with Gasteiger partial charge in [0.2, 0.25) is 5.91 Å². The molecule has 1 amide bonds. The van der Waals surface area contributed by atoms with Crippen molar-refractivity contribution in [2.75, 3.05) is 6.54 Å². The van der Waals surface area contributed by atoms with Crippen molar-refractivity contribution < 1.29 is 9.32 Å². The topological polar surface area (TPSA) is 55.1 Å². The van der Waals surface area contributed by atoms with Crippen molar-refractivity contribution >= 4 is 32.8 Å². The first-order valence-electron chi connectivity index (χ1n) is 5.10. The monoisotopic (exact) mass is 294 g/mol. The Labute approximate surface area is 107 Å². The number of para-hydroxylation sites is 1. The summed E-state index contributed by atoms with van der Waals surface area (Å²) in [6.45, 7) is 4.05. The van der Waals surface area contributed by atoms with E-state index in [1.807, 2.05) is 24.3 Å². The van der Waals surface area contributed by atoms with E-state index in [4.69, 9.17) is 4.52 Å². The number of aromatic nitrogens is 1. The standard InChI is InChI=1S/C12H11BrN2O2/c1-8(13)7-14-12(16)6-10-9-4-2-3-5-11(9)17-15-10/h2-5H,1,6-7H2,(H,14,16). The second-order valence-electron chi connectivity index (χ2n) is 3.60. The molecule has 2 rings (SSSR count). The molecule has 0 fully saturated rings.